The van der Waals surface area contributed by atoms with Gasteiger partial charge in [0.05, 0.1) is 18.0 Å². The number of aromatic amines is 1. The molecule has 0 bridgehead atoms. The minimum Gasteiger partial charge on any atom is -0.457 e. The van der Waals surface area contributed by atoms with E-state index in [-0.39, 0.29) is 23.3 Å². The highest BCUT2D eigenvalue weighted by molar-refractivity contribution is 5.99. The number of nitrogens with two attached hydrogens (primary N) is 1. The minimum atomic E-state index is -0.383. The van der Waals surface area contributed by atoms with Gasteiger partial charge in [0.15, 0.2) is 5.82 Å². The fourth-order valence-electron chi connectivity index (χ4n) is 4.43. The van der Waals surface area contributed by atoms with E-state index >= 15 is 0 Å². The second kappa shape index (κ2) is 8.86. The number of H-pyrrole nitrogens is 1. The summed E-state index contributed by atoms with van der Waals surface area (Å²) in [6.07, 6.45) is 3.03. The number of likely N-dealkylation sites (tertiary alicyclic amines) is 1. The molecule has 2 aromatic heterocycles. The highest BCUT2D eigenvalue weighted by Gasteiger charge is 2.29. The molecule has 2 aromatic carbocycles. The van der Waals surface area contributed by atoms with Gasteiger partial charge < -0.3 is 15.4 Å². The number of carbonyl (C=O) groups is 1. The Bertz CT molecular complexity index is 1410. The van der Waals surface area contributed by atoms with Gasteiger partial charge in [-0.3, -0.25) is 14.3 Å². The lowest BCUT2D eigenvalue weighted by atomic mass is 10.1. The van der Waals surface area contributed by atoms with E-state index in [1.54, 1.807) is 9.58 Å². The van der Waals surface area contributed by atoms with E-state index in [1.807, 2.05) is 54.6 Å². The molecular weight excluding hydrogens is 432 g/mol. The van der Waals surface area contributed by atoms with Crippen LogP contribution in [-0.4, -0.2) is 43.4 Å². The SMILES string of the molecule is C=CC(=O)N1CCC[C@@H]1Cn1nc(-c2ccc(Oc3ccccc3)cc2)c2c(N)n[nH]c(=O)c21. The Morgan fingerprint density at radius 2 is 1.91 bits per heavy atom. The number of benzene rings is 2. The summed E-state index contributed by atoms with van der Waals surface area (Å²) in [5.74, 6) is 1.47. The largest absolute Gasteiger partial charge is 0.457 e. The van der Waals surface area contributed by atoms with Crippen LogP contribution in [0.1, 0.15) is 12.8 Å². The molecule has 172 valence electrons. The Balaban J connectivity index is 1.52. The quantitative estimate of drug-likeness (QED) is 0.430. The zero-order valence-corrected chi connectivity index (χ0v) is 18.5. The van der Waals surface area contributed by atoms with E-state index in [2.05, 4.69) is 16.8 Å². The van der Waals surface area contributed by atoms with Gasteiger partial charge in [0.2, 0.25) is 5.91 Å². The van der Waals surface area contributed by atoms with E-state index in [0.29, 0.717) is 35.4 Å². The van der Waals surface area contributed by atoms with Crippen LogP contribution < -0.4 is 16.0 Å². The van der Waals surface area contributed by atoms with Crippen molar-refractivity contribution in [1.82, 2.24) is 24.9 Å². The van der Waals surface area contributed by atoms with E-state index in [0.717, 1.165) is 24.2 Å². The summed E-state index contributed by atoms with van der Waals surface area (Å²) in [5.41, 5.74) is 7.46. The number of aromatic nitrogens is 4. The molecule has 3 heterocycles. The highest BCUT2D eigenvalue weighted by Crippen LogP contribution is 2.32. The van der Waals surface area contributed by atoms with Gasteiger partial charge in [0.1, 0.15) is 22.7 Å². The summed E-state index contributed by atoms with van der Waals surface area (Å²) in [6, 6.07) is 16.8. The second-order valence-corrected chi connectivity index (χ2v) is 8.16. The molecule has 0 spiro atoms. The summed E-state index contributed by atoms with van der Waals surface area (Å²) in [5, 5.41) is 11.6. The van der Waals surface area contributed by atoms with Crippen molar-refractivity contribution in [3.8, 4) is 22.8 Å². The Hall–Kier alpha value is -4.40. The maximum Gasteiger partial charge on any atom is 0.290 e. The maximum atomic E-state index is 12.7. The van der Waals surface area contributed by atoms with Crippen LogP contribution >= 0.6 is 0 Å². The monoisotopic (exact) mass is 456 g/mol. The molecular formula is C25H24N6O3. The van der Waals surface area contributed by atoms with Gasteiger partial charge in [-0.25, -0.2) is 5.10 Å². The number of para-hydroxylation sites is 1. The molecule has 0 unspecified atom stereocenters. The van der Waals surface area contributed by atoms with Gasteiger partial charge >= 0.3 is 0 Å². The molecule has 1 atom stereocenters. The van der Waals surface area contributed by atoms with Crippen molar-refractivity contribution in [2.75, 3.05) is 12.3 Å². The number of hydrogen-bond acceptors (Lipinski definition) is 6. The van der Waals surface area contributed by atoms with Crippen molar-refractivity contribution >= 4 is 22.6 Å². The Kier molecular flexibility index (Phi) is 5.59. The van der Waals surface area contributed by atoms with Crippen molar-refractivity contribution in [2.45, 2.75) is 25.4 Å². The van der Waals surface area contributed by atoms with Crippen LogP contribution in [0.4, 0.5) is 5.82 Å². The number of nitrogens with zero attached hydrogens (tertiary/aromatic N) is 4. The lowest BCUT2D eigenvalue weighted by Crippen LogP contribution is -2.37. The number of nitrogens with one attached hydrogen (secondary N) is 1. The lowest BCUT2D eigenvalue weighted by Gasteiger charge is -2.23. The maximum absolute atomic E-state index is 12.7. The number of fused-ring (bicyclic) bond motifs is 1. The molecule has 9 nitrogen and oxygen atoms in total. The molecule has 3 N–H and O–H groups in total. The third kappa shape index (κ3) is 3.92. The van der Waals surface area contributed by atoms with Crippen LogP contribution in [0.3, 0.4) is 0 Å². The number of hydrogen-bond donors (Lipinski definition) is 2. The first-order valence-electron chi connectivity index (χ1n) is 11.1. The number of rotatable bonds is 6. The summed E-state index contributed by atoms with van der Waals surface area (Å²) in [4.78, 5) is 26.8. The molecule has 1 aliphatic rings. The highest BCUT2D eigenvalue weighted by atomic mass is 16.5. The normalized spacial score (nSPS) is 15.5. The minimum absolute atomic E-state index is 0.0862. The first kappa shape index (κ1) is 21.4. The molecule has 1 saturated heterocycles. The van der Waals surface area contributed by atoms with Crippen molar-refractivity contribution in [2.24, 2.45) is 0 Å². The number of carbonyl (C=O) groups excluding carboxylic acids is 1. The zero-order valence-electron chi connectivity index (χ0n) is 18.5. The molecule has 9 heteroatoms. The summed E-state index contributed by atoms with van der Waals surface area (Å²) in [7, 11) is 0. The van der Waals surface area contributed by atoms with Crippen LogP contribution in [-0.2, 0) is 11.3 Å². The predicted octanol–water partition coefficient (Wildman–Crippen LogP) is 3.34. The fourth-order valence-corrected chi connectivity index (χ4v) is 4.43. The van der Waals surface area contributed by atoms with Crippen molar-refractivity contribution in [1.29, 1.82) is 0 Å². The summed E-state index contributed by atoms with van der Waals surface area (Å²) >= 11 is 0. The van der Waals surface area contributed by atoms with Gasteiger partial charge in [-0.15, -0.1) is 0 Å². The molecule has 0 saturated carbocycles. The van der Waals surface area contributed by atoms with Crippen LogP contribution in [0.25, 0.3) is 22.2 Å². The van der Waals surface area contributed by atoms with Crippen molar-refractivity contribution < 1.29 is 9.53 Å². The Morgan fingerprint density at radius 3 is 2.65 bits per heavy atom. The van der Waals surface area contributed by atoms with Crippen LogP contribution in [0, 0.1) is 0 Å². The third-order valence-corrected chi connectivity index (χ3v) is 6.03. The van der Waals surface area contributed by atoms with Gasteiger partial charge in [-0.2, -0.15) is 10.2 Å². The zero-order chi connectivity index (χ0) is 23.7. The Labute approximate surface area is 195 Å². The van der Waals surface area contributed by atoms with Gasteiger partial charge in [0.25, 0.3) is 5.56 Å². The molecule has 1 aliphatic heterocycles. The van der Waals surface area contributed by atoms with Gasteiger partial charge in [0, 0.05) is 12.1 Å². The first-order valence-corrected chi connectivity index (χ1v) is 11.1. The van der Waals surface area contributed by atoms with Crippen molar-refractivity contribution in [3.63, 3.8) is 0 Å². The van der Waals surface area contributed by atoms with Crippen LogP contribution in [0.15, 0.2) is 72.0 Å². The van der Waals surface area contributed by atoms with E-state index in [4.69, 9.17) is 15.6 Å². The van der Waals surface area contributed by atoms with E-state index in [9.17, 15) is 9.59 Å². The second-order valence-electron chi connectivity index (χ2n) is 8.16. The number of amides is 1. The topological polar surface area (TPSA) is 119 Å². The van der Waals surface area contributed by atoms with E-state index < -0.39 is 0 Å². The lowest BCUT2D eigenvalue weighted by molar-refractivity contribution is -0.127. The molecule has 34 heavy (non-hydrogen) atoms. The van der Waals surface area contributed by atoms with Gasteiger partial charge in [-0.05, 0) is 55.3 Å². The number of ether oxygens (including phenoxy) is 1. The Morgan fingerprint density at radius 1 is 1.18 bits per heavy atom. The van der Waals surface area contributed by atoms with Crippen LogP contribution in [0.2, 0.25) is 0 Å². The molecule has 0 radical (unpaired) electrons. The van der Waals surface area contributed by atoms with Crippen LogP contribution in [0.5, 0.6) is 11.5 Å². The standard InChI is InChI=1S/C25H24N6O3/c1-2-20(32)30-14-6-7-17(30)15-31-23-21(24(26)27-28-25(23)33)22(29-31)16-10-12-19(13-11-16)34-18-8-4-3-5-9-18/h2-5,8-13,17H,1,6-7,14-15H2,(H2,26,27)(H,28,33)/t17-/m1/s1. The number of anilines is 1. The van der Waals surface area contributed by atoms with E-state index in [1.165, 1.54) is 6.08 Å². The smallest absolute Gasteiger partial charge is 0.290 e. The average molecular weight is 457 g/mol. The summed E-state index contributed by atoms with van der Waals surface area (Å²) < 4.78 is 7.51. The third-order valence-electron chi connectivity index (χ3n) is 6.03. The molecule has 1 amide bonds. The average Bonchev–Trinajstić information content (AvgIpc) is 3.48. The molecule has 0 aliphatic carbocycles. The predicted molar refractivity (Wildman–Crippen MR) is 129 cm³/mol. The fraction of sp³-hybridized carbons (Fsp3) is 0.200. The molecule has 1 fully saturated rings. The van der Waals surface area contributed by atoms with Gasteiger partial charge in [-0.1, -0.05) is 24.8 Å². The summed E-state index contributed by atoms with van der Waals surface area (Å²) in [6.45, 7) is 4.63. The number of nitrogen functional groups attached to an aromatic ring is 1. The van der Waals surface area contributed by atoms with Crippen molar-refractivity contribution in [3.05, 3.63) is 77.6 Å². The molecule has 5 rings (SSSR count). The molecule has 4 aromatic rings. The first-order chi connectivity index (χ1) is 16.5.